The molecule has 6 heteroatoms. The van der Waals surface area contributed by atoms with Gasteiger partial charge in [-0.05, 0) is 43.7 Å². The Kier molecular flexibility index (Phi) is 4.30. The minimum absolute atomic E-state index is 0.0744. The second-order valence-corrected chi connectivity index (χ2v) is 5.73. The van der Waals surface area contributed by atoms with E-state index in [1.54, 1.807) is 46.2 Å². The summed E-state index contributed by atoms with van der Waals surface area (Å²) in [6, 6.07) is 9.05. The van der Waals surface area contributed by atoms with Crippen LogP contribution in [0.4, 0.5) is 0 Å². The molecule has 0 saturated heterocycles. The fourth-order valence-electron chi connectivity index (χ4n) is 2.62. The third-order valence-corrected chi connectivity index (χ3v) is 4.12. The molecule has 3 aromatic rings. The van der Waals surface area contributed by atoms with Crippen LogP contribution in [0, 0.1) is 0 Å². The van der Waals surface area contributed by atoms with E-state index in [4.69, 9.17) is 11.6 Å². The lowest BCUT2D eigenvalue weighted by atomic mass is 10.1. The molecule has 0 radical (unpaired) electrons. The molecule has 0 aromatic carbocycles. The van der Waals surface area contributed by atoms with Crippen molar-refractivity contribution < 1.29 is 4.79 Å². The van der Waals surface area contributed by atoms with Gasteiger partial charge in [-0.2, -0.15) is 5.10 Å². The van der Waals surface area contributed by atoms with Gasteiger partial charge in [-0.1, -0.05) is 17.7 Å². The zero-order chi connectivity index (χ0) is 16.4. The largest absolute Gasteiger partial charge is 0.331 e. The molecular formula is C17H17ClN4O. The summed E-state index contributed by atoms with van der Waals surface area (Å²) in [5.74, 6) is -0.108. The Morgan fingerprint density at radius 2 is 2.22 bits per heavy atom. The van der Waals surface area contributed by atoms with E-state index >= 15 is 0 Å². The van der Waals surface area contributed by atoms with E-state index in [9.17, 15) is 4.79 Å². The summed E-state index contributed by atoms with van der Waals surface area (Å²) in [5, 5.41) is 4.97. The number of carbonyl (C=O) groups is 1. The molecule has 0 spiro atoms. The Bertz CT molecular complexity index is 831. The van der Waals surface area contributed by atoms with Crippen LogP contribution in [0.15, 0.2) is 48.9 Å². The van der Waals surface area contributed by atoms with Crippen LogP contribution in [0.5, 0.6) is 0 Å². The van der Waals surface area contributed by atoms with Gasteiger partial charge in [0.1, 0.15) is 0 Å². The lowest BCUT2D eigenvalue weighted by Crippen LogP contribution is -2.33. The number of carbonyl (C=O) groups excluding carboxylic acids is 1. The molecule has 118 valence electrons. The number of fused-ring (bicyclic) bond motifs is 1. The summed E-state index contributed by atoms with van der Waals surface area (Å²) in [6.07, 6.45) is 5.25. The summed E-state index contributed by atoms with van der Waals surface area (Å²) >= 11 is 5.98. The first kappa shape index (κ1) is 15.5. The third kappa shape index (κ3) is 3.05. The second-order valence-electron chi connectivity index (χ2n) is 5.30. The van der Waals surface area contributed by atoms with E-state index in [2.05, 4.69) is 10.1 Å². The highest BCUT2D eigenvalue weighted by molar-refractivity contribution is 6.30. The molecule has 3 rings (SSSR count). The first-order valence-corrected chi connectivity index (χ1v) is 7.83. The lowest BCUT2D eigenvalue weighted by Gasteiger charge is -2.27. The quantitative estimate of drug-likeness (QED) is 0.735. The highest BCUT2D eigenvalue weighted by Gasteiger charge is 2.23. The minimum Gasteiger partial charge on any atom is -0.331 e. The minimum atomic E-state index is -0.108. The summed E-state index contributed by atoms with van der Waals surface area (Å²) in [5.41, 5.74) is 2.20. The fraction of sp³-hybridized carbons (Fsp3) is 0.235. The van der Waals surface area contributed by atoms with Crippen molar-refractivity contribution in [2.45, 2.75) is 19.9 Å². The molecule has 1 atom stereocenters. The van der Waals surface area contributed by atoms with E-state index in [-0.39, 0.29) is 11.9 Å². The maximum atomic E-state index is 12.8. The SMILES string of the molecule is CCN(C(=O)c1cc2cc(Cl)ccn2n1)[C@@H](C)c1cccnc1. The van der Waals surface area contributed by atoms with Crippen molar-refractivity contribution in [2.24, 2.45) is 0 Å². The van der Waals surface area contributed by atoms with Gasteiger partial charge in [-0.3, -0.25) is 9.78 Å². The van der Waals surface area contributed by atoms with Crippen LogP contribution in [0.25, 0.3) is 5.52 Å². The highest BCUT2D eigenvalue weighted by atomic mass is 35.5. The Balaban J connectivity index is 1.92. The van der Waals surface area contributed by atoms with Crippen molar-refractivity contribution in [2.75, 3.05) is 6.54 Å². The number of hydrogen-bond acceptors (Lipinski definition) is 3. The maximum absolute atomic E-state index is 12.8. The molecule has 0 fully saturated rings. The molecule has 0 unspecified atom stereocenters. The molecule has 0 aliphatic rings. The van der Waals surface area contributed by atoms with Crippen molar-refractivity contribution in [3.63, 3.8) is 0 Å². The standard InChI is InChI=1S/C17H17ClN4O/c1-3-21(12(2)13-5-4-7-19-11-13)17(23)16-10-15-9-14(18)6-8-22(15)20-16/h4-12H,3H2,1-2H3/t12-/m0/s1. The van der Waals surface area contributed by atoms with Crippen LogP contribution in [0.3, 0.4) is 0 Å². The van der Waals surface area contributed by atoms with Gasteiger partial charge in [0.25, 0.3) is 5.91 Å². The van der Waals surface area contributed by atoms with Gasteiger partial charge in [-0.15, -0.1) is 0 Å². The summed E-state index contributed by atoms with van der Waals surface area (Å²) in [4.78, 5) is 18.7. The Hall–Kier alpha value is -2.40. The van der Waals surface area contributed by atoms with E-state index in [0.29, 0.717) is 17.3 Å². The van der Waals surface area contributed by atoms with Crippen LogP contribution in [-0.4, -0.2) is 31.9 Å². The summed E-state index contributed by atoms with van der Waals surface area (Å²) in [6.45, 7) is 4.53. The smallest absolute Gasteiger partial charge is 0.274 e. The van der Waals surface area contributed by atoms with Gasteiger partial charge in [-0.25, -0.2) is 4.52 Å². The van der Waals surface area contributed by atoms with Crippen LogP contribution >= 0.6 is 11.6 Å². The van der Waals surface area contributed by atoms with Gasteiger partial charge in [0.2, 0.25) is 0 Å². The van der Waals surface area contributed by atoms with Crippen molar-refractivity contribution in [1.29, 1.82) is 0 Å². The van der Waals surface area contributed by atoms with Crippen molar-refractivity contribution in [1.82, 2.24) is 19.5 Å². The van der Waals surface area contributed by atoms with Crippen LogP contribution in [-0.2, 0) is 0 Å². The number of halogens is 1. The van der Waals surface area contributed by atoms with Crippen LogP contribution < -0.4 is 0 Å². The van der Waals surface area contributed by atoms with Crippen molar-refractivity contribution in [3.8, 4) is 0 Å². The number of nitrogens with zero attached hydrogens (tertiary/aromatic N) is 4. The topological polar surface area (TPSA) is 50.5 Å². The summed E-state index contributed by atoms with van der Waals surface area (Å²) in [7, 11) is 0. The predicted octanol–water partition coefficient (Wildman–Crippen LogP) is 3.61. The fourth-order valence-corrected chi connectivity index (χ4v) is 2.78. The summed E-state index contributed by atoms with van der Waals surface area (Å²) < 4.78 is 1.65. The highest BCUT2D eigenvalue weighted by Crippen LogP contribution is 2.22. The lowest BCUT2D eigenvalue weighted by molar-refractivity contribution is 0.0695. The number of pyridine rings is 2. The average Bonchev–Trinajstić information content (AvgIpc) is 2.99. The molecule has 3 aromatic heterocycles. The monoisotopic (exact) mass is 328 g/mol. The average molecular weight is 329 g/mol. The van der Waals surface area contributed by atoms with E-state index in [1.165, 1.54) is 0 Å². The number of amides is 1. The van der Waals surface area contributed by atoms with E-state index in [0.717, 1.165) is 11.1 Å². The van der Waals surface area contributed by atoms with Gasteiger partial charge < -0.3 is 4.90 Å². The van der Waals surface area contributed by atoms with Crippen molar-refractivity contribution >= 4 is 23.0 Å². The molecule has 0 aliphatic carbocycles. The van der Waals surface area contributed by atoms with E-state index < -0.39 is 0 Å². The number of hydrogen-bond donors (Lipinski definition) is 0. The first-order valence-electron chi connectivity index (χ1n) is 7.46. The molecule has 23 heavy (non-hydrogen) atoms. The second kappa shape index (κ2) is 6.38. The predicted molar refractivity (Wildman–Crippen MR) is 89.6 cm³/mol. The molecule has 0 aliphatic heterocycles. The molecule has 1 amide bonds. The Labute approximate surface area is 139 Å². The van der Waals surface area contributed by atoms with Crippen molar-refractivity contribution in [3.05, 3.63) is 65.2 Å². The van der Waals surface area contributed by atoms with E-state index in [1.807, 2.05) is 26.0 Å². The molecule has 0 N–H and O–H groups in total. The Morgan fingerprint density at radius 1 is 1.39 bits per heavy atom. The zero-order valence-corrected chi connectivity index (χ0v) is 13.7. The maximum Gasteiger partial charge on any atom is 0.274 e. The zero-order valence-electron chi connectivity index (χ0n) is 13.0. The first-order chi connectivity index (χ1) is 11.1. The normalized spacial score (nSPS) is 12.3. The molecular weight excluding hydrogens is 312 g/mol. The molecule has 5 nitrogen and oxygen atoms in total. The number of aromatic nitrogens is 3. The van der Waals surface area contributed by atoms with Gasteiger partial charge in [0, 0.05) is 30.2 Å². The van der Waals surface area contributed by atoms with Gasteiger partial charge in [0.15, 0.2) is 5.69 Å². The van der Waals surface area contributed by atoms with Crippen LogP contribution in [0.2, 0.25) is 5.02 Å². The third-order valence-electron chi connectivity index (χ3n) is 3.88. The molecule has 0 saturated carbocycles. The molecule has 3 heterocycles. The molecule has 0 bridgehead atoms. The van der Waals surface area contributed by atoms with Crippen LogP contribution in [0.1, 0.15) is 35.9 Å². The number of rotatable bonds is 4. The van der Waals surface area contributed by atoms with Gasteiger partial charge in [0.05, 0.1) is 11.6 Å². The van der Waals surface area contributed by atoms with Gasteiger partial charge >= 0.3 is 0 Å². The Morgan fingerprint density at radius 3 is 2.91 bits per heavy atom.